The van der Waals surface area contributed by atoms with Crippen molar-refractivity contribution in [3.63, 3.8) is 0 Å². The topological polar surface area (TPSA) is 65.1 Å². The van der Waals surface area contributed by atoms with Crippen molar-refractivity contribution >= 4 is 23.3 Å². The van der Waals surface area contributed by atoms with E-state index in [2.05, 4.69) is 0 Å². The number of fused-ring (bicyclic) bond motifs is 1. The Bertz CT molecular complexity index is 1000. The van der Waals surface area contributed by atoms with Crippen molar-refractivity contribution in [3.8, 4) is 17.2 Å². The van der Waals surface area contributed by atoms with Gasteiger partial charge in [0.2, 0.25) is 0 Å². The van der Waals surface area contributed by atoms with Crippen LogP contribution < -0.4 is 14.2 Å². The summed E-state index contributed by atoms with van der Waals surface area (Å²) in [7, 11) is 1.58. The number of nitrogens with zero attached hydrogens (tertiary/aromatic N) is 1. The number of likely N-dealkylation sites (tertiary alicyclic amines) is 1. The second-order valence-electron chi connectivity index (χ2n) is 8.29. The highest BCUT2D eigenvalue weighted by Gasteiger charge is 2.43. The summed E-state index contributed by atoms with van der Waals surface area (Å²) in [5.74, 6) is 1.84. The van der Waals surface area contributed by atoms with Crippen LogP contribution in [-0.4, -0.2) is 49.0 Å². The van der Waals surface area contributed by atoms with E-state index in [1.54, 1.807) is 30.2 Å². The molecule has 0 bridgehead atoms. The average molecular weight is 444 g/mol. The van der Waals surface area contributed by atoms with Gasteiger partial charge in [0.05, 0.1) is 19.1 Å². The van der Waals surface area contributed by atoms with E-state index in [-0.39, 0.29) is 18.3 Å². The van der Waals surface area contributed by atoms with Gasteiger partial charge in [0.1, 0.15) is 22.8 Å². The number of rotatable bonds is 4. The fourth-order valence-electron chi connectivity index (χ4n) is 4.27. The maximum absolute atomic E-state index is 12.7. The number of Topliss-reactive ketones (excluding diaryl/α,β-unsaturated/α-hetero) is 1. The van der Waals surface area contributed by atoms with Gasteiger partial charge in [0.25, 0.3) is 5.91 Å². The van der Waals surface area contributed by atoms with Crippen molar-refractivity contribution in [1.29, 1.82) is 0 Å². The number of carbonyl (C=O) groups excluding carboxylic acids is 2. The van der Waals surface area contributed by atoms with Crippen molar-refractivity contribution in [2.45, 2.75) is 38.7 Å². The molecule has 31 heavy (non-hydrogen) atoms. The minimum Gasteiger partial charge on any atom is -0.497 e. The summed E-state index contributed by atoms with van der Waals surface area (Å²) in [6.07, 6.45) is 1.52. The van der Waals surface area contributed by atoms with Crippen molar-refractivity contribution in [2.75, 3.05) is 26.8 Å². The molecule has 1 fully saturated rings. The lowest BCUT2D eigenvalue weighted by Crippen LogP contribution is -2.53. The van der Waals surface area contributed by atoms with E-state index in [1.807, 2.05) is 26.0 Å². The molecule has 2 aromatic rings. The summed E-state index contributed by atoms with van der Waals surface area (Å²) in [4.78, 5) is 27.1. The van der Waals surface area contributed by atoms with Crippen LogP contribution >= 0.6 is 11.6 Å². The summed E-state index contributed by atoms with van der Waals surface area (Å²) >= 11 is 6.19. The molecule has 0 radical (unpaired) electrons. The lowest BCUT2D eigenvalue weighted by Gasteiger charge is -2.43. The number of aryl methyl sites for hydroxylation is 2. The third-order valence-electron chi connectivity index (χ3n) is 6.10. The Balaban J connectivity index is 1.37. The Kier molecular flexibility index (Phi) is 5.84. The van der Waals surface area contributed by atoms with Gasteiger partial charge in [0, 0.05) is 37.0 Å². The van der Waals surface area contributed by atoms with Crippen molar-refractivity contribution in [2.24, 2.45) is 0 Å². The molecule has 0 atom stereocenters. The Morgan fingerprint density at radius 3 is 2.45 bits per heavy atom. The molecule has 7 heteroatoms. The first kappa shape index (κ1) is 21.5. The van der Waals surface area contributed by atoms with Crippen LogP contribution in [0.1, 0.15) is 40.7 Å². The molecule has 1 saturated heterocycles. The Hall–Kier alpha value is -2.73. The van der Waals surface area contributed by atoms with Gasteiger partial charge in [0.15, 0.2) is 12.4 Å². The van der Waals surface area contributed by atoms with Crippen molar-refractivity contribution in [1.82, 2.24) is 4.90 Å². The van der Waals surface area contributed by atoms with Gasteiger partial charge in [-0.25, -0.2) is 0 Å². The van der Waals surface area contributed by atoms with Crippen LogP contribution in [0.3, 0.4) is 0 Å². The van der Waals surface area contributed by atoms with E-state index in [4.69, 9.17) is 25.8 Å². The zero-order valence-corrected chi connectivity index (χ0v) is 18.8. The number of halogens is 1. The molecule has 0 N–H and O–H groups in total. The van der Waals surface area contributed by atoms with E-state index in [1.165, 1.54) is 0 Å². The zero-order chi connectivity index (χ0) is 22.2. The summed E-state index contributed by atoms with van der Waals surface area (Å²) in [6, 6.07) is 8.94. The fraction of sp³-hybridized carbons (Fsp3) is 0.417. The van der Waals surface area contributed by atoms with Crippen LogP contribution in [0.2, 0.25) is 5.02 Å². The van der Waals surface area contributed by atoms with E-state index in [0.29, 0.717) is 60.2 Å². The average Bonchev–Trinajstić information content (AvgIpc) is 2.75. The molecule has 1 spiro atoms. The Labute approximate surface area is 187 Å². The first-order valence-corrected chi connectivity index (χ1v) is 10.8. The minimum atomic E-state index is -0.571. The number of methoxy groups -OCH3 is 1. The van der Waals surface area contributed by atoms with E-state index < -0.39 is 5.60 Å². The van der Waals surface area contributed by atoms with Crippen LogP contribution in [0, 0.1) is 13.8 Å². The maximum Gasteiger partial charge on any atom is 0.260 e. The minimum absolute atomic E-state index is 0.0344. The number of piperidine rings is 1. The number of ether oxygens (including phenoxy) is 3. The number of hydrogen-bond donors (Lipinski definition) is 0. The predicted molar refractivity (Wildman–Crippen MR) is 118 cm³/mol. The van der Waals surface area contributed by atoms with Gasteiger partial charge in [-0.05, 0) is 49.2 Å². The number of hydrogen-bond acceptors (Lipinski definition) is 5. The molecule has 6 nitrogen and oxygen atoms in total. The highest BCUT2D eigenvalue weighted by atomic mass is 35.5. The first-order valence-electron chi connectivity index (χ1n) is 10.4. The lowest BCUT2D eigenvalue weighted by molar-refractivity contribution is -0.136. The van der Waals surface area contributed by atoms with Crippen molar-refractivity contribution in [3.05, 3.63) is 52.0 Å². The molecule has 0 aromatic heterocycles. The molecule has 0 aliphatic carbocycles. The molecule has 2 heterocycles. The fourth-order valence-corrected chi connectivity index (χ4v) is 4.38. The van der Waals surface area contributed by atoms with Crippen LogP contribution in [0.15, 0.2) is 30.3 Å². The third-order valence-corrected chi connectivity index (χ3v) is 6.69. The quantitative estimate of drug-likeness (QED) is 0.702. The van der Waals surface area contributed by atoms with E-state index >= 15 is 0 Å². The largest absolute Gasteiger partial charge is 0.497 e. The summed E-state index contributed by atoms with van der Waals surface area (Å²) in [5, 5.41) is 0.709. The second kappa shape index (κ2) is 8.42. The van der Waals surface area contributed by atoms with Gasteiger partial charge < -0.3 is 19.1 Å². The summed E-state index contributed by atoms with van der Waals surface area (Å²) < 4.78 is 17.3. The summed E-state index contributed by atoms with van der Waals surface area (Å²) in [6.45, 7) is 4.83. The molecule has 4 rings (SSSR count). The second-order valence-corrected chi connectivity index (χ2v) is 8.67. The number of benzene rings is 2. The standard InChI is InChI=1S/C24H26ClNO5/c1-15-10-18(11-16(2)23(15)25)30-14-22(28)26-8-6-24(7-9-26)13-20(27)19-5-4-17(29-3)12-21(19)31-24/h4-5,10-12H,6-9,13-14H2,1-3H3. The lowest BCUT2D eigenvalue weighted by atomic mass is 9.82. The van der Waals surface area contributed by atoms with Crippen molar-refractivity contribution < 1.29 is 23.8 Å². The normalized spacial score (nSPS) is 17.2. The number of carbonyl (C=O) groups is 2. The zero-order valence-electron chi connectivity index (χ0n) is 18.0. The predicted octanol–water partition coefficient (Wildman–Crippen LogP) is 4.37. The van der Waals surface area contributed by atoms with E-state index in [9.17, 15) is 9.59 Å². The van der Waals surface area contributed by atoms with Gasteiger partial charge >= 0.3 is 0 Å². The first-order chi connectivity index (χ1) is 14.8. The number of ketones is 1. The molecular formula is C24H26ClNO5. The highest BCUT2D eigenvalue weighted by Crippen LogP contribution is 2.40. The monoisotopic (exact) mass is 443 g/mol. The third kappa shape index (κ3) is 4.35. The molecule has 2 aliphatic heterocycles. The molecule has 0 saturated carbocycles. The molecule has 164 valence electrons. The SMILES string of the molecule is COc1ccc2c(c1)OC1(CCN(C(=O)COc3cc(C)c(Cl)c(C)c3)CC1)CC2=O. The maximum atomic E-state index is 12.7. The van der Waals surface area contributed by atoms with Crippen LogP contribution in [0.4, 0.5) is 0 Å². The summed E-state index contributed by atoms with van der Waals surface area (Å²) in [5.41, 5.74) is 1.85. The molecule has 2 aromatic carbocycles. The molecule has 2 aliphatic rings. The Morgan fingerprint density at radius 2 is 1.81 bits per heavy atom. The van der Waals surface area contributed by atoms with Gasteiger partial charge in [-0.3, -0.25) is 9.59 Å². The number of amides is 1. The highest BCUT2D eigenvalue weighted by molar-refractivity contribution is 6.32. The molecule has 1 amide bonds. The molecule has 0 unspecified atom stereocenters. The van der Waals surface area contributed by atoms with Gasteiger partial charge in [-0.15, -0.1) is 0 Å². The Morgan fingerprint density at radius 1 is 1.13 bits per heavy atom. The van der Waals surface area contributed by atoms with Crippen LogP contribution in [0.25, 0.3) is 0 Å². The van der Waals surface area contributed by atoms with Gasteiger partial charge in [-0.1, -0.05) is 11.6 Å². The van der Waals surface area contributed by atoms with E-state index in [0.717, 1.165) is 11.1 Å². The van der Waals surface area contributed by atoms with Crippen LogP contribution in [0.5, 0.6) is 17.2 Å². The molecular weight excluding hydrogens is 418 g/mol. The smallest absolute Gasteiger partial charge is 0.260 e. The van der Waals surface area contributed by atoms with Crippen LogP contribution in [-0.2, 0) is 4.79 Å². The van der Waals surface area contributed by atoms with Gasteiger partial charge in [-0.2, -0.15) is 0 Å².